The van der Waals surface area contributed by atoms with Gasteiger partial charge in [-0.2, -0.15) is 0 Å². The second kappa shape index (κ2) is 7.84. The molecule has 0 saturated carbocycles. The highest BCUT2D eigenvalue weighted by atomic mass is 35.5. The summed E-state index contributed by atoms with van der Waals surface area (Å²) in [6.45, 7) is 1.35. The zero-order valence-corrected chi connectivity index (χ0v) is 15.9. The third kappa shape index (κ3) is 3.81. The summed E-state index contributed by atoms with van der Waals surface area (Å²) in [5, 5.41) is 0.756. The maximum Gasteiger partial charge on any atom is 0.310 e. The van der Waals surface area contributed by atoms with Crippen molar-refractivity contribution in [2.24, 2.45) is 5.92 Å². The fourth-order valence-electron chi connectivity index (χ4n) is 3.64. The van der Waals surface area contributed by atoms with Crippen LogP contribution in [0, 0.1) is 5.92 Å². The second-order valence-electron chi connectivity index (χ2n) is 6.61. The first-order valence-electron chi connectivity index (χ1n) is 8.54. The van der Waals surface area contributed by atoms with Gasteiger partial charge in [0.2, 0.25) is 5.91 Å². The van der Waals surface area contributed by atoms with Gasteiger partial charge >= 0.3 is 5.97 Å². The normalized spacial score (nSPS) is 22.6. The van der Waals surface area contributed by atoms with Gasteiger partial charge in [0.25, 0.3) is 5.91 Å². The van der Waals surface area contributed by atoms with Gasteiger partial charge in [0, 0.05) is 35.2 Å². The molecule has 3 rings (SSSR count). The Balaban J connectivity index is 1.72. The van der Waals surface area contributed by atoms with Crippen LogP contribution in [0.4, 0.5) is 0 Å². The molecular formula is C18H20Cl2N2O4. The number of likely N-dealkylation sites (tertiary alicyclic amines) is 2. The summed E-state index contributed by atoms with van der Waals surface area (Å²) >= 11 is 12.0. The number of hydrogen-bond acceptors (Lipinski definition) is 4. The molecule has 2 fully saturated rings. The van der Waals surface area contributed by atoms with Gasteiger partial charge < -0.3 is 14.5 Å². The van der Waals surface area contributed by atoms with Gasteiger partial charge in [0.05, 0.1) is 13.0 Å². The van der Waals surface area contributed by atoms with Crippen LogP contribution >= 0.6 is 23.2 Å². The zero-order chi connectivity index (χ0) is 18.8. The number of benzene rings is 1. The first-order valence-corrected chi connectivity index (χ1v) is 9.30. The first kappa shape index (κ1) is 19.0. The van der Waals surface area contributed by atoms with Gasteiger partial charge in [0.1, 0.15) is 6.04 Å². The van der Waals surface area contributed by atoms with Gasteiger partial charge in [-0.15, -0.1) is 0 Å². The lowest BCUT2D eigenvalue weighted by molar-refractivity contribution is -0.145. The van der Waals surface area contributed by atoms with E-state index in [1.807, 2.05) is 0 Å². The number of nitrogens with zero attached hydrogens (tertiary/aromatic N) is 2. The average Bonchev–Trinajstić information content (AvgIpc) is 3.28. The number of rotatable bonds is 3. The van der Waals surface area contributed by atoms with Crippen LogP contribution in [0.2, 0.25) is 10.0 Å². The molecule has 8 heteroatoms. The van der Waals surface area contributed by atoms with Crippen LogP contribution in [0.15, 0.2) is 18.2 Å². The minimum Gasteiger partial charge on any atom is -0.469 e. The van der Waals surface area contributed by atoms with Crippen molar-refractivity contribution in [3.63, 3.8) is 0 Å². The SMILES string of the molecule is COC(=O)C1CCN(C(=O)C2CCCN2C(=O)c2cc(Cl)cc(Cl)c2)C1. The van der Waals surface area contributed by atoms with Gasteiger partial charge in [-0.25, -0.2) is 0 Å². The molecule has 2 amide bonds. The minimum atomic E-state index is -0.517. The van der Waals surface area contributed by atoms with Crippen LogP contribution in [0.25, 0.3) is 0 Å². The zero-order valence-electron chi connectivity index (χ0n) is 14.4. The average molecular weight is 399 g/mol. The van der Waals surface area contributed by atoms with Crippen molar-refractivity contribution in [3.8, 4) is 0 Å². The van der Waals surface area contributed by atoms with Crippen molar-refractivity contribution in [2.75, 3.05) is 26.7 Å². The molecule has 140 valence electrons. The van der Waals surface area contributed by atoms with Crippen molar-refractivity contribution in [2.45, 2.75) is 25.3 Å². The van der Waals surface area contributed by atoms with Crippen LogP contribution in [0.3, 0.4) is 0 Å². The Morgan fingerprint density at radius 3 is 2.42 bits per heavy atom. The molecule has 1 aromatic carbocycles. The van der Waals surface area contributed by atoms with Crippen molar-refractivity contribution in [1.82, 2.24) is 9.80 Å². The summed E-state index contributed by atoms with van der Waals surface area (Å²) in [4.78, 5) is 40.7. The van der Waals surface area contributed by atoms with Gasteiger partial charge in [-0.1, -0.05) is 23.2 Å². The number of halogens is 2. The van der Waals surface area contributed by atoms with E-state index in [2.05, 4.69) is 0 Å². The van der Waals surface area contributed by atoms with E-state index in [0.29, 0.717) is 48.1 Å². The predicted octanol–water partition coefficient (Wildman–Crippen LogP) is 2.62. The standard InChI is InChI=1S/C18H20Cl2N2O4/c1-26-18(25)11-4-6-21(10-11)17(24)15-3-2-5-22(15)16(23)12-7-13(19)9-14(20)8-12/h7-9,11,15H,2-6,10H2,1H3. The number of carbonyl (C=O) groups is 3. The highest BCUT2D eigenvalue weighted by Gasteiger charge is 2.40. The maximum absolute atomic E-state index is 12.9. The van der Waals surface area contributed by atoms with E-state index in [1.165, 1.54) is 7.11 Å². The topological polar surface area (TPSA) is 66.9 Å². The van der Waals surface area contributed by atoms with Gasteiger partial charge in [0.15, 0.2) is 0 Å². The molecule has 6 nitrogen and oxygen atoms in total. The molecule has 0 spiro atoms. The number of ether oxygens (including phenoxy) is 1. The van der Waals surface area contributed by atoms with Crippen molar-refractivity contribution < 1.29 is 19.1 Å². The summed E-state index contributed by atoms with van der Waals surface area (Å²) in [5.41, 5.74) is 0.371. The number of carbonyl (C=O) groups excluding carboxylic acids is 3. The third-order valence-electron chi connectivity index (χ3n) is 4.94. The highest BCUT2D eigenvalue weighted by Crippen LogP contribution is 2.27. The van der Waals surface area contributed by atoms with Crippen LogP contribution in [0.1, 0.15) is 29.6 Å². The van der Waals surface area contributed by atoms with Crippen LogP contribution < -0.4 is 0 Å². The molecule has 2 aliphatic heterocycles. The Labute approximate surface area is 162 Å². The van der Waals surface area contributed by atoms with E-state index < -0.39 is 6.04 Å². The Hall–Kier alpha value is -1.79. The monoisotopic (exact) mass is 398 g/mol. The van der Waals surface area contributed by atoms with E-state index in [1.54, 1.807) is 28.0 Å². The highest BCUT2D eigenvalue weighted by molar-refractivity contribution is 6.35. The number of amides is 2. The molecule has 2 atom stereocenters. The molecule has 2 heterocycles. The smallest absolute Gasteiger partial charge is 0.310 e. The Bertz CT molecular complexity index is 720. The van der Waals surface area contributed by atoms with Crippen molar-refractivity contribution in [1.29, 1.82) is 0 Å². The van der Waals surface area contributed by atoms with E-state index in [-0.39, 0.29) is 23.7 Å². The molecule has 2 unspecified atom stereocenters. The van der Waals surface area contributed by atoms with Crippen molar-refractivity contribution >= 4 is 41.0 Å². The van der Waals surface area contributed by atoms with E-state index in [9.17, 15) is 14.4 Å². The summed E-state index contributed by atoms with van der Waals surface area (Å²) < 4.78 is 4.76. The lowest BCUT2D eigenvalue weighted by Crippen LogP contribution is -2.47. The summed E-state index contributed by atoms with van der Waals surface area (Å²) in [5.74, 6) is -0.959. The maximum atomic E-state index is 12.9. The molecule has 26 heavy (non-hydrogen) atoms. The molecule has 0 N–H and O–H groups in total. The molecule has 1 aromatic rings. The molecule has 2 saturated heterocycles. The molecule has 0 bridgehead atoms. The lowest BCUT2D eigenvalue weighted by atomic mass is 10.1. The molecule has 0 aromatic heterocycles. The quantitative estimate of drug-likeness (QED) is 0.733. The minimum absolute atomic E-state index is 0.115. The Kier molecular flexibility index (Phi) is 5.73. The predicted molar refractivity (Wildman–Crippen MR) is 97.2 cm³/mol. The first-order chi connectivity index (χ1) is 12.4. The second-order valence-corrected chi connectivity index (χ2v) is 7.48. The van der Waals surface area contributed by atoms with Gasteiger partial charge in [-0.05, 0) is 37.5 Å². The van der Waals surface area contributed by atoms with E-state index in [0.717, 1.165) is 6.42 Å². The number of hydrogen-bond donors (Lipinski definition) is 0. The Morgan fingerprint density at radius 2 is 1.77 bits per heavy atom. The van der Waals surface area contributed by atoms with Crippen LogP contribution in [-0.2, 0) is 14.3 Å². The summed E-state index contributed by atoms with van der Waals surface area (Å²) in [6, 6.07) is 4.15. The largest absolute Gasteiger partial charge is 0.469 e. The van der Waals surface area contributed by atoms with Gasteiger partial charge in [-0.3, -0.25) is 14.4 Å². The number of esters is 1. The van der Waals surface area contributed by atoms with E-state index in [4.69, 9.17) is 27.9 Å². The van der Waals surface area contributed by atoms with Crippen LogP contribution in [-0.4, -0.2) is 60.4 Å². The lowest BCUT2D eigenvalue weighted by Gasteiger charge is -2.28. The molecule has 2 aliphatic rings. The van der Waals surface area contributed by atoms with Crippen molar-refractivity contribution in [3.05, 3.63) is 33.8 Å². The third-order valence-corrected chi connectivity index (χ3v) is 5.38. The molecule has 0 radical (unpaired) electrons. The van der Waals surface area contributed by atoms with Crippen LogP contribution in [0.5, 0.6) is 0 Å². The summed E-state index contributed by atoms with van der Waals surface area (Å²) in [7, 11) is 1.35. The fourth-order valence-corrected chi connectivity index (χ4v) is 4.17. The Morgan fingerprint density at radius 1 is 1.08 bits per heavy atom. The molecular weight excluding hydrogens is 379 g/mol. The number of methoxy groups -OCH3 is 1. The summed E-state index contributed by atoms with van der Waals surface area (Å²) in [6.07, 6.45) is 1.95. The fraction of sp³-hybridized carbons (Fsp3) is 0.500. The van der Waals surface area contributed by atoms with E-state index >= 15 is 0 Å². The molecule has 0 aliphatic carbocycles.